The van der Waals surface area contributed by atoms with Crippen molar-refractivity contribution in [3.8, 4) is 23.1 Å². The zero-order valence-corrected chi connectivity index (χ0v) is 28.1. The number of ether oxygens (including phenoxy) is 1. The van der Waals surface area contributed by atoms with E-state index in [9.17, 15) is 10.1 Å². The maximum Gasteiger partial charge on any atom is 0.253 e. The van der Waals surface area contributed by atoms with Crippen molar-refractivity contribution in [3.05, 3.63) is 111 Å². The Bertz CT molecular complexity index is 1670. The monoisotopic (exact) mass is 653 g/mol. The lowest BCUT2D eigenvalue weighted by Gasteiger charge is -2.29. The molecule has 1 aromatic heterocycles. The number of carbonyl (C=O) groups excluding carboxylic acids is 1. The van der Waals surface area contributed by atoms with E-state index < -0.39 is 0 Å². The summed E-state index contributed by atoms with van der Waals surface area (Å²) in [7, 11) is 1.57. The number of nitrogens with one attached hydrogen (secondary N) is 3. The first-order valence-corrected chi connectivity index (χ1v) is 16.7. The van der Waals surface area contributed by atoms with Gasteiger partial charge in [-0.3, -0.25) is 4.79 Å². The molecule has 9 heteroatoms. The Labute approximate surface area is 282 Å². The molecule has 47 heavy (non-hydrogen) atoms. The number of hydrogen-bond donors (Lipinski definition) is 4. The van der Waals surface area contributed by atoms with E-state index in [0.717, 1.165) is 37.0 Å². The molecule has 8 nitrogen and oxygen atoms in total. The van der Waals surface area contributed by atoms with Gasteiger partial charge in [-0.05, 0) is 87.4 Å². The van der Waals surface area contributed by atoms with Crippen LogP contribution in [0.5, 0.6) is 5.75 Å². The van der Waals surface area contributed by atoms with Crippen LogP contribution in [-0.4, -0.2) is 37.7 Å². The molecule has 1 fully saturated rings. The van der Waals surface area contributed by atoms with Gasteiger partial charge in [-0.15, -0.1) is 0 Å². The number of nitrogens with zero attached hydrogens (tertiary/aromatic N) is 1. The molecule has 1 saturated carbocycles. The lowest BCUT2D eigenvalue weighted by molar-refractivity contribution is 0.0935. The largest absolute Gasteiger partial charge is 0.496 e. The van der Waals surface area contributed by atoms with Crippen molar-refractivity contribution in [2.24, 2.45) is 5.73 Å². The number of rotatable bonds is 13. The molecule has 1 heterocycles. The maximum absolute atomic E-state index is 13.8. The molecule has 3 aromatic carbocycles. The highest BCUT2D eigenvalue weighted by atomic mass is 35.5. The first-order valence-electron chi connectivity index (χ1n) is 16.3. The predicted molar refractivity (Wildman–Crippen MR) is 186 cm³/mol. The second-order valence-corrected chi connectivity index (χ2v) is 12.9. The second-order valence-electron chi connectivity index (χ2n) is 12.5. The third-order valence-electron chi connectivity index (χ3n) is 8.95. The van der Waals surface area contributed by atoms with Crippen LogP contribution in [0.25, 0.3) is 11.3 Å². The van der Waals surface area contributed by atoms with Gasteiger partial charge in [0.25, 0.3) is 5.91 Å². The van der Waals surface area contributed by atoms with Crippen molar-refractivity contribution < 1.29 is 13.9 Å². The van der Waals surface area contributed by atoms with E-state index in [2.05, 4.69) is 60.1 Å². The zero-order chi connectivity index (χ0) is 33.3. The molecule has 1 aliphatic rings. The number of nitrogens with two attached hydrogens (primary N) is 1. The highest BCUT2D eigenvalue weighted by molar-refractivity contribution is 6.34. The van der Waals surface area contributed by atoms with Crippen LogP contribution in [0.1, 0.15) is 77.0 Å². The molecule has 1 amide bonds. The van der Waals surface area contributed by atoms with Gasteiger partial charge in [0.15, 0.2) is 0 Å². The summed E-state index contributed by atoms with van der Waals surface area (Å²) < 4.78 is 11.9. The fourth-order valence-electron chi connectivity index (χ4n) is 6.00. The highest BCUT2D eigenvalue weighted by Crippen LogP contribution is 2.36. The number of benzene rings is 3. The van der Waals surface area contributed by atoms with Crippen LogP contribution in [0.2, 0.25) is 5.02 Å². The Morgan fingerprint density at radius 3 is 2.47 bits per heavy atom. The minimum Gasteiger partial charge on any atom is -0.496 e. The molecule has 1 unspecified atom stereocenters. The molecular weight excluding hydrogens is 610 g/mol. The number of carbonyl (C=O) groups is 1. The molecule has 246 valence electrons. The van der Waals surface area contributed by atoms with Crippen LogP contribution in [0.3, 0.4) is 0 Å². The van der Waals surface area contributed by atoms with Crippen molar-refractivity contribution in [2.75, 3.05) is 13.7 Å². The van der Waals surface area contributed by atoms with Gasteiger partial charge >= 0.3 is 0 Å². The first kappa shape index (κ1) is 34.2. The summed E-state index contributed by atoms with van der Waals surface area (Å²) in [6, 6.07) is 25.8. The van der Waals surface area contributed by atoms with E-state index in [1.165, 1.54) is 11.1 Å². The Morgan fingerprint density at radius 2 is 1.79 bits per heavy atom. The lowest BCUT2D eigenvalue weighted by Crippen LogP contribution is -2.47. The molecule has 0 saturated heterocycles. The van der Waals surface area contributed by atoms with Gasteiger partial charge in [-0.2, -0.15) is 5.26 Å². The van der Waals surface area contributed by atoms with Gasteiger partial charge in [0.1, 0.15) is 17.3 Å². The minimum atomic E-state index is -0.287. The average molecular weight is 654 g/mol. The molecule has 5 rings (SSSR count). The maximum atomic E-state index is 13.8. The molecular formula is C38H44ClN5O3. The van der Waals surface area contributed by atoms with Gasteiger partial charge < -0.3 is 30.8 Å². The van der Waals surface area contributed by atoms with Crippen molar-refractivity contribution in [3.63, 3.8) is 0 Å². The van der Waals surface area contributed by atoms with Gasteiger partial charge in [-0.1, -0.05) is 53.6 Å². The van der Waals surface area contributed by atoms with Crippen LogP contribution in [0.4, 0.5) is 0 Å². The Morgan fingerprint density at radius 1 is 1.06 bits per heavy atom. The number of methoxy groups -OCH3 is 1. The molecule has 5 N–H and O–H groups in total. The average Bonchev–Trinajstić information content (AvgIpc) is 3.56. The number of amides is 1. The topological polar surface area (TPSA) is 125 Å². The van der Waals surface area contributed by atoms with Crippen LogP contribution in [0.15, 0.2) is 77.2 Å². The van der Waals surface area contributed by atoms with Crippen molar-refractivity contribution in [1.82, 2.24) is 16.0 Å². The third kappa shape index (κ3) is 9.24. The van der Waals surface area contributed by atoms with E-state index in [4.69, 9.17) is 26.5 Å². The number of furan rings is 1. The van der Waals surface area contributed by atoms with E-state index in [1.807, 2.05) is 24.3 Å². The quantitative estimate of drug-likeness (QED) is 0.124. The van der Waals surface area contributed by atoms with E-state index >= 15 is 0 Å². The van der Waals surface area contributed by atoms with Crippen LogP contribution < -0.4 is 26.4 Å². The van der Waals surface area contributed by atoms with Crippen molar-refractivity contribution >= 4 is 17.5 Å². The molecule has 2 atom stereocenters. The smallest absolute Gasteiger partial charge is 0.253 e. The molecule has 0 bridgehead atoms. The Kier molecular flexibility index (Phi) is 11.7. The van der Waals surface area contributed by atoms with E-state index in [1.54, 1.807) is 31.4 Å². The standard InChI is InChI=1S/C38H44ClN5O3/c1-24-4-10-28(11-5-24)25(2)42-23-32-16-17-36(47-32)34-19-33(35(39)20-37(34)46-3)38(45)44-31(18-26-6-8-27(21-40)9-7-26)22-43-30-14-12-29(41)13-15-30/h4-11,16-17,19-20,25,29-31,42-43H,12-15,18,22-23,41H2,1-3H3,(H,44,45)/t25?,29?,30?,31-/m1/s1. The first-order chi connectivity index (χ1) is 22.7. The molecule has 0 spiro atoms. The molecule has 4 aromatic rings. The fourth-order valence-corrected chi connectivity index (χ4v) is 6.24. The Hall–Kier alpha value is -4.13. The number of halogens is 1. The molecule has 0 aliphatic heterocycles. The fraction of sp³-hybridized carbons (Fsp3) is 0.368. The van der Waals surface area contributed by atoms with Gasteiger partial charge in [0.05, 0.1) is 41.4 Å². The zero-order valence-electron chi connectivity index (χ0n) is 27.3. The molecule has 0 radical (unpaired) electrons. The van der Waals surface area contributed by atoms with Crippen molar-refractivity contribution in [1.29, 1.82) is 5.26 Å². The SMILES string of the molecule is COc1cc(Cl)c(C(=O)N[C@@H](CNC2CCC(N)CC2)Cc2ccc(C#N)cc2)cc1-c1ccc(CNC(C)c2ccc(C)cc2)o1. The number of aryl methyl sites for hydroxylation is 1. The van der Waals surface area contributed by atoms with Crippen LogP contribution >= 0.6 is 11.6 Å². The molecule has 1 aliphatic carbocycles. The summed E-state index contributed by atoms with van der Waals surface area (Å²) in [6.07, 6.45) is 4.60. The summed E-state index contributed by atoms with van der Waals surface area (Å²) in [5.41, 5.74) is 11.1. The van der Waals surface area contributed by atoms with Gasteiger partial charge in [-0.25, -0.2) is 0 Å². The summed E-state index contributed by atoms with van der Waals surface area (Å²) in [5, 5.41) is 19.9. The highest BCUT2D eigenvalue weighted by Gasteiger charge is 2.23. The van der Waals surface area contributed by atoms with E-state index in [-0.39, 0.29) is 29.1 Å². The number of nitriles is 1. The van der Waals surface area contributed by atoms with Crippen LogP contribution in [-0.2, 0) is 13.0 Å². The van der Waals surface area contributed by atoms with Gasteiger partial charge in [0.2, 0.25) is 0 Å². The summed E-state index contributed by atoms with van der Waals surface area (Å²) in [6.45, 7) is 5.32. The number of hydrogen-bond acceptors (Lipinski definition) is 7. The van der Waals surface area contributed by atoms with Crippen LogP contribution in [0, 0.1) is 18.3 Å². The predicted octanol–water partition coefficient (Wildman–Crippen LogP) is 6.84. The third-order valence-corrected chi connectivity index (χ3v) is 9.26. The summed E-state index contributed by atoms with van der Waals surface area (Å²) in [4.78, 5) is 13.8. The Balaban J connectivity index is 1.31. The summed E-state index contributed by atoms with van der Waals surface area (Å²) in [5.74, 6) is 1.57. The van der Waals surface area contributed by atoms with Crippen molar-refractivity contribution in [2.45, 2.75) is 76.7 Å². The van der Waals surface area contributed by atoms with Gasteiger partial charge in [0, 0.05) is 36.8 Å². The minimum absolute atomic E-state index is 0.145. The van der Waals surface area contributed by atoms with E-state index in [0.29, 0.717) is 53.8 Å². The lowest BCUT2D eigenvalue weighted by atomic mass is 9.91. The normalized spacial score (nSPS) is 17.4. The summed E-state index contributed by atoms with van der Waals surface area (Å²) >= 11 is 6.67. The second kappa shape index (κ2) is 16.1.